The SMILES string of the molecule is COCCO[C@H]1C=C[C@H](C)C[C@@H](C)S(=O)(=O)NC(=O)c2ccc3c(c2)N(CCCCc2cc(Cl)ccc2CO3)C[C@@H]2CC[C@H]21. The molecule has 44 heavy (non-hydrogen) atoms. The van der Waals surface area contributed by atoms with Crippen LogP contribution in [0.15, 0.2) is 48.6 Å². The molecule has 10 heteroatoms. The molecule has 8 nitrogen and oxygen atoms in total. The molecule has 2 aromatic rings. The maximum Gasteiger partial charge on any atom is 0.264 e. The monoisotopic (exact) mass is 644 g/mol. The molecule has 1 fully saturated rings. The number of halogens is 1. The van der Waals surface area contributed by atoms with E-state index in [1.807, 2.05) is 25.1 Å². The molecule has 0 saturated heterocycles. The van der Waals surface area contributed by atoms with Crippen molar-refractivity contribution in [3.05, 3.63) is 70.3 Å². The molecule has 3 aliphatic rings. The lowest BCUT2D eigenvalue weighted by Crippen LogP contribution is -2.44. The summed E-state index contributed by atoms with van der Waals surface area (Å²) in [6, 6.07) is 11.2. The highest BCUT2D eigenvalue weighted by atomic mass is 35.5. The fourth-order valence-electron chi connectivity index (χ4n) is 6.52. The molecule has 0 spiro atoms. The van der Waals surface area contributed by atoms with Crippen LogP contribution in [-0.2, 0) is 32.5 Å². The number of amides is 1. The van der Waals surface area contributed by atoms with Crippen LogP contribution in [-0.4, -0.2) is 59.1 Å². The first-order valence-corrected chi connectivity index (χ1v) is 17.7. The minimum Gasteiger partial charge on any atom is -0.487 e. The largest absolute Gasteiger partial charge is 0.487 e. The van der Waals surface area contributed by atoms with Gasteiger partial charge in [0, 0.05) is 30.8 Å². The number of carbonyl (C=O) groups is 1. The van der Waals surface area contributed by atoms with Crippen molar-refractivity contribution in [1.29, 1.82) is 0 Å². The Morgan fingerprint density at radius 1 is 1.05 bits per heavy atom. The van der Waals surface area contributed by atoms with Crippen molar-refractivity contribution in [2.45, 2.75) is 70.3 Å². The first-order chi connectivity index (χ1) is 21.1. The number of nitrogens with zero attached hydrogens (tertiary/aromatic N) is 1. The van der Waals surface area contributed by atoms with E-state index in [9.17, 15) is 13.2 Å². The highest BCUT2D eigenvalue weighted by Crippen LogP contribution is 2.42. The van der Waals surface area contributed by atoms with Gasteiger partial charge in [-0.2, -0.15) is 0 Å². The van der Waals surface area contributed by atoms with Gasteiger partial charge in [-0.1, -0.05) is 36.7 Å². The summed E-state index contributed by atoms with van der Waals surface area (Å²) in [6.07, 6.45) is 9.45. The van der Waals surface area contributed by atoms with E-state index in [2.05, 4.69) is 21.8 Å². The lowest BCUT2D eigenvalue weighted by molar-refractivity contribution is -0.0309. The van der Waals surface area contributed by atoms with Gasteiger partial charge in [0.25, 0.3) is 5.91 Å². The number of methoxy groups -OCH3 is 1. The molecular formula is C34H45ClN2O6S. The zero-order valence-corrected chi connectivity index (χ0v) is 27.5. The number of benzene rings is 2. The smallest absolute Gasteiger partial charge is 0.264 e. The molecule has 1 aliphatic carbocycles. The third-order valence-corrected chi connectivity index (χ3v) is 11.2. The van der Waals surface area contributed by atoms with E-state index in [1.165, 1.54) is 5.56 Å². The molecule has 0 unspecified atom stereocenters. The zero-order valence-electron chi connectivity index (χ0n) is 26.0. The van der Waals surface area contributed by atoms with Gasteiger partial charge < -0.3 is 19.1 Å². The average Bonchev–Trinajstić information content (AvgIpc) is 3.00. The molecule has 5 atom stereocenters. The van der Waals surface area contributed by atoms with Gasteiger partial charge in [0.15, 0.2) is 0 Å². The average molecular weight is 645 g/mol. The summed E-state index contributed by atoms with van der Waals surface area (Å²) in [5, 5.41) is -0.0386. The van der Waals surface area contributed by atoms with E-state index in [4.69, 9.17) is 25.8 Å². The van der Waals surface area contributed by atoms with Crippen LogP contribution >= 0.6 is 11.6 Å². The molecule has 2 aliphatic heterocycles. The fourth-order valence-corrected chi connectivity index (χ4v) is 7.85. The van der Waals surface area contributed by atoms with Crippen LogP contribution in [0.3, 0.4) is 0 Å². The zero-order chi connectivity index (χ0) is 31.3. The highest BCUT2D eigenvalue weighted by Gasteiger charge is 2.38. The highest BCUT2D eigenvalue weighted by molar-refractivity contribution is 7.90. The number of sulfonamides is 1. The summed E-state index contributed by atoms with van der Waals surface area (Å²) in [4.78, 5) is 15.7. The first kappa shape index (κ1) is 32.8. The summed E-state index contributed by atoms with van der Waals surface area (Å²) in [7, 11) is -2.23. The van der Waals surface area contributed by atoms with Crippen molar-refractivity contribution in [3.63, 3.8) is 0 Å². The second-order valence-electron chi connectivity index (χ2n) is 12.5. The predicted molar refractivity (Wildman–Crippen MR) is 174 cm³/mol. The molecule has 0 radical (unpaired) electrons. The maximum absolute atomic E-state index is 13.4. The van der Waals surface area contributed by atoms with E-state index in [1.54, 1.807) is 32.2 Å². The van der Waals surface area contributed by atoms with Gasteiger partial charge in [0.2, 0.25) is 10.0 Å². The standard InChI is InChI=1S/C34H45ClN2O6S/c1-23-7-13-32(42-17-16-41-3)30-12-9-27(30)21-37-15-5-4-6-25-19-29(35)11-8-28(25)22-43-33-14-10-26(20-31(33)37)34(38)36-44(39,40)24(2)18-23/h7-8,10-11,13-14,19-20,23-24,27,30,32H,4-6,9,12,15-18,21-22H2,1-3H3,(H,36,38)/t23-,24+,27-,30+,32-/m0/s1. The van der Waals surface area contributed by atoms with E-state index < -0.39 is 21.2 Å². The molecule has 2 aromatic carbocycles. The number of rotatable bonds is 4. The number of allylic oxidation sites excluding steroid dienone is 1. The number of hydrogen-bond donors (Lipinski definition) is 1. The van der Waals surface area contributed by atoms with Crippen molar-refractivity contribution in [1.82, 2.24) is 4.72 Å². The molecule has 2 bridgehead atoms. The van der Waals surface area contributed by atoms with E-state index in [0.717, 1.165) is 56.4 Å². The van der Waals surface area contributed by atoms with Crippen LogP contribution in [0, 0.1) is 17.8 Å². The van der Waals surface area contributed by atoms with Crippen molar-refractivity contribution in [3.8, 4) is 5.75 Å². The minimum absolute atomic E-state index is 0.00958. The van der Waals surface area contributed by atoms with Gasteiger partial charge >= 0.3 is 0 Å². The molecular weight excluding hydrogens is 600 g/mol. The Hall–Kier alpha value is -2.59. The normalized spacial score (nSPS) is 27.5. The minimum atomic E-state index is -3.90. The van der Waals surface area contributed by atoms with Crippen LogP contribution in [0.4, 0.5) is 5.69 Å². The Kier molecular flexibility index (Phi) is 10.9. The number of anilines is 1. The number of carbonyl (C=O) groups excluding carboxylic acids is 1. The number of fused-ring (bicyclic) bond motifs is 3. The van der Waals surface area contributed by atoms with Crippen LogP contribution in [0.5, 0.6) is 5.75 Å². The van der Waals surface area contributed by atoms with Gasteiger partial charge in [-0.05, 0) is 105 Å². The molecule has 1 N–H and O–H groups in total. The molecule has 5 rings (SSSR count). The van der Waals surface area contributed by atoms with Crippen molar-refractivity contribution < 1.29 is 27.4 Å². The topological polar surface area (TPSA) is 94.2 Å². The Bertz CT molecular complexity index is 1450. The Balaban J connectivity index is 1.53. The summed E-state index contributed by atoms with van der Waals surface area (Å²) >= 11 is 6.33. The molecule has 2 heterocycles. The maximum atomic E-state index is 13.4. The Morgan fingerprint density at radius 3 is 2.66 bits per heavy atom. The van der Waals surface area contributed by atoms with Crippen LogP contribution < -0.4 is 14.4 Å². The van der Waals surface area contributed by atoms with Gasteiger partial charge in [-0.3, -0.25) is 4.79 Å². The predicted octanol–water partition coefficient (Wildman–Crippen LogP) is 6.16. The van der Waals surface area contributed by atoms with Crippen LogP contribution in [0.2, 0.25) is 5.02 Å². The summed E-state index contributed by atoms with van der Waals surface area (Å²) in [6.45, 7) is 6.59. The van der Waals surface area contributed by atoms with Gasteiger partial charge in [0.05, 0.1) is 30.3 Å². The van der Waals surface area contributed by atoms with Gasteiger partial charge in [-0.25, -0.2) is 13.1 Å². The Labute approximate surface area is 267 Å². The third-order valence-electron chi connectivity index (χ3n) is 9.29. The number of aryl methyl sites for hydroxylation is 1. The second-order valence-corrected chi connectivity index (χ2v) is 15.0. The summed E-state index contributed by atoms with van der Waals surface area (Å²) in [5.74, 6) is 0.743. The quantitative estimate of drug-likeness (QED) is 0.315. The van der Waals surface area contributed by atoms with E-state index >= 15 is 0 Å². The van der Waals surface area contributed by atoms with Crippen molar-refractivity contribution in [2.24, 2.45) is 17.8 Å². The van der Waals surface area contributed by atoms with E-state index in [-0.39, 0.29) is 12.0 Å². The van der Waals surface area contributed by atoms with Gasteiger partial charge in [-0.15, -0.1) is 0 Å². The second kappa shape index (κ2) is 14.7. The first-order valence-electron chi connectivity index (χ1n) is 15.8. The van der Waals surface area contributed by atoms with Gasteiger partial charge in [0.1, 0.15) is 12.4 Å². The summed E-state index contributed by atoms with van der Waals surface area (Å²) in [5.41, 5.74) is 3.37. The number of nitrogens with one attached hydrogen (secondary N) is 1. The van der Waals surface area contributed by atoms with Crippen LogP contribution in [0.1, 0.15) is 67.4 Å². The lowest BCUT2D eigenvalue weighted by Gasteiger charge is -2.44. The third kappa shape index (κ3) is 7.97. The molecule has 0 aromatic heterocycles. The van der Waals surface area contributed by atoms with E-state index in [0.29, 0.717) is 54.4 Å². The Morgan fingerprint density at radius 2 is 1.89 bits per heavy atom. The fraction of sp³-hybridized carbons (Fsp3) is 0.559. The van der Waals surface area contributed by atoms with Crippen molar-refractivity contribution >= 4 is 33.2 Å². The number of hydrogen-bond acceptors (Lipinski definition) is 7. The lowest BCUT2D eigenvalue weighted by atomic mass is 9.70. The molecule has 1 amide bonds. The number of ether oxygens (including phenoxy) is 3. The molecule has 1 saturated carbocycles. The summed E-state index contributed by atoms with van der Waals surface area (Å²) < 4.78 is 46.8. The molecule has 240 valence electrons. The van der Waals surface area contributed by atoms with Crippen molar-refractivity contribution in [2.75, 3.05) is 38.3 Å². The van der Waals surface area contributed by atoms with Crippen LogP contribution in [0.25, 0.3) is 0 Å².